The predicted molar refractivity (Wildman–Crippen MR) is 63.1 cm³/mol. The van der Waals surface area contributed by atoms with Crippen LogP contribution >= 0.6 is 0 Å². The van der Waals surface area contributed by atoms with Gasteiger partial charge in [-0.2, -0.15) is 0 Å². The van der Waals surface area contributed by atoms with Gasteiger partial charge in [0.25, 0.3) is 0 Å². The normalized spacial score (nSPS) is 32.9. The Balaban J connectivity index is 2.06. The molecule has 1 saturated carbocycles. The van der Waals surface area contributed by atoms with Gasteiger partial charge in [0.2, 0.25) is 0 Å². The third-order valence-corrected chi connectivity index (χ3v) is 3.80. The van der Waals surface area contributed by atoms with Crippen molar-refractivity contribution in [2.24, 2.45) is 5.92 Å². The van der Waals surface area contributed by atoms with Gasteiger partial charge in [-0.05, 0) is 44.6 Å². The van der Waals surface area contributed by atoms with Crippen molar-refractivity contribution in [3.05, 3.63) is 11.6 Å². The van der Waals surface area contributed by atoms with Crippen LogP contribution < -0.4 is 5.32 Å². The zero-order chi connectivity index (χ0) is 11.4. The Morgan fingerprint density at radius 1 is 1.38 bits per heavy atom. The fourth-order valence-electron chi connectivity index (χ4n) is 2.97. The van der Waals surface area contributed by atoms with Crippen molar-refractivity contribution in [2.45, 2.75) is 44.6 Å². The van der Waals surface area contributed by atoms with Crippen molar-refractivity contribution in [1.29, 1.82) is 0 Å². The number of rotatable bonds is 2. The highest BCUT2D eigenvalue weighted by molar-refractivity contribution is 5.82. The SMILES string of the molecule is COC(=O)/C=C1/CCCCC1C1CCCN1. The number of esters is 1. The summed E-state index contributed by atoms with van der Waals surface area (Å²) in [5, 5.41) is 3.55. The molecule has 1 saturated heterocycles. The lowest BCUT2D eigenvalue weighted by Crippen LogP contribution is -2.33. The molecule has 1 heterocycles. The van der Waals surface area contributed by atoms with Gasteiger partial charge in [-0.3, -0.25) is 0 Å². The van der Waals surface area contributed by atoms with E-state index in [1.807, 2.05) is 0 Å². The third kappa shape index (κ3) is 2.64. The minimum atomic E-state index is -0.195. The second-order valence-corrected chi connectivity index (χ2v) is 4.80. The summed E-state index contributed by atoms with van der Waals surface area (Å²) in [6, 6.07) is 0.594. The number of carbonyl (C=O) groups is 1. The van der Waals surface area contributed by atoms with Crippen LogP contribution in [0.2, 0.25) is 0 Å². The van der Waals surface area contributed by atoms with Crippen molar-refractivity contribution in [3.63, 3.8) is 0 Å². The van der Waals surface area contributed by atoms with Crippen LogP contribution in [0.4, 0.5) is 0 Å². The molecule has 1 aliphatic heterocycles. The minimum Gasteiger partial charge on any atom is -0.466 e. The van der Waals surface area contributed by atoms with Crippen LogP contribution in [-0.4, -0.2) is 25.7 Å². The van der Waals surface area contributed by atoms with Crippen LogP contribution in [0.1, 0.15) is 38.5 Å². The lowest BCUT2D eigenvalue weighted by molar-refractivity contribution is -0.134. The smallest absolute Gasteiger partial charge is 0.330 e. The molecule has 2 fully saturated rings. The van der Waals surface area contributed by atoms with E-state index in [9.17, 15) is 4.79 Å². The number of ether oxygens (including phenoxy) is 1. The van der Waals surface area contributed by atoms with E-state index < -0.39 is 0 Å². The minimum absolute atomic E-state index is 0.195. The molecule has 3 nitrogen and oxygen atoms in total. The summed E-state index contributed by atoms with van der Waals surface area (Å²) in [7, 11) is 1.45. The van der Waals surface area contributed by atoms with Crippen molar-refractivity contribution < 1.29 is 9.53 Å². The molecule has 0 spiro atoms. The number of nitrogens with one attached hydrogen (secondary N) is 1. The van der Waals surface area contributed by atoms with Crippen LogP contribution in [0.5, 0.6) is 0 Å². The Morgan fingerprint density at radius 2 is 2.25 bits per heavy atom. The average molecular weight is 223 g/mol. The molecule has 1 N–H and O–H groups in total. The molecule has 0 amide bonds. The molecule has 0 radical (unpaired) electrons. The Labute approximate surface area is 97.2 Å². The molecule has 2 aliphatic rings. The van der Waals surface area contributed by atoms with E-state index in [2.05, 4.69) is 5.32 Å². The summed E-state index contributed by atoms with van der Waals surface area (Å²) < 4.78 is 4.73. The Hall–Kier alpha value is -0.830. The first kappa shape index (κ1) is 11.6. The maximum absolute atomic E-state index is 11.3. The summed E-state index contributed by atoms with van der Waals surface area (Å²) in [5.41, 5.74) is 1.30. The van der Waals surface area contributed by atoms with E-state index in [-0.39, 0.29) is 5.97 Å². The number of carbonyl (C=O) groups excluding carboxylic acids is 1. The predicted octanol–water partition coefficient (Wildman–Crippen LogP) is 2.03. The van der Waals surface area contributed by atoms with Crippen LogP contribution in [0.15, 0.2) is 11.6 Å². The van der Waals surface area contributed by atoms with E-state index >= 15 is 0 Å². The molecular formula is C13H21NO2. The Morgan fingerprint density at radius 3 is 2.94 bits per heavy atom. The van der Waals surface area contributed by atoms with Crippen molar-refractivity contribution in [3.8, 4) is 0 Å². The number of methoxy groups -OCH3 is 1. The Kier molecular flexibility index (Phi) is 3.99. The summed E-state index contributed by atoms with van der Waals surface area (Å²) >= 11 is 0. The second-order valence-electron chi connectivity index (χ2n) is 4.80. The van der Waals surface area contributed by atoms with Gasteiger partial charge < -0.3 is 10.1 Å². The molecule has 1 aliphatic carbocycles. The first-order valence-corrected chi connectivity index (χ1v) is 6.33. The molecule has 90 valence electrons. The summed E-state index contributed by atoms with van der Waals surface area (Å²) in [6.07, 6.45) is 9.05. The largest absolute Gasteiger partial charge is 0.466 e. The zero-order valence-electron chi connectivity index (χ0n) is 10.00. The van der Waals surface area contributed by atoms with E-state index in [1.54, 1.807) is 6.08 Å². The molecule has 2 rings (SSSR count). The van der Waals surface area contributed by atoms with E-state index in [0.717, 1.165) is 13.0 Å². The highest BCUT2D eigenvalue weighted by Crippen LogP contribution is 2.34. The summed E-state index contributed by atoms with van der Waals surface area (Å²) in [5.74, 6) is 0.371. The standard InChI is InChI=1S/C13H21NO2/c1-16-13(15)9-10-5-2-3-6-11(10)12-7-4-8-14-12/h9,11-12,14H,2-8H2,1H3/b10-9-. The van der Waals surface area contributed by atoms with Gasteiger partial charge in [-0.15, -0.1) is 0 Å². The van der Waals surface area contributed by atoms with Gasteiger partial charge in [0.1, 0.15) is 0 Å². The molecule has 3 heteroatoms. The lowest BCUT2D eigenvalue weighted by atomic mass is 9.79. The lowest BCUT2D eigenvalue weighted by Gasteiger charge is -2.30. The first-order chi connectivity index (χ1) is 7.81. The highest BCUT2D eigenvalue weighted by atomic mass is 16.5. The fourth-order valence-corrected chi connectivity index (χ4v) is 2.97. The van der Waals surface area contributed by atoms with Crippen LogP contribution in [0.3, 0.4) is 0 Å². The van der Waals surface area contributed by atoms with E-state index in [4.69, 9.17) is 4.74 Å². The molecule has 0 aromatic heterocycles. The monoisotopic (exact) mass is 223 g/mol. The third-order valence-electron chi connectivity index (χ3n) is 3.80. The van der Waals surface area contributed by atoms with Gasteiger partial charge in [-0.25, -0.2) is 4.79 Å². The number of hydrogen-bond donors (Lipinski definition) is 1. The van der Waals surface area contributed by atoms with Gasteiger partial charge in [0.15, 0.2) is 0 Å². The van der Waals surface area contributed by atoms with E-state index in [0.29, 0.717) is 12.0 Å². The van der Waals surface area contributed by atoms with Crippen molar-refractivity contribution >= 4 is 5.97 Å². The quantitative estimate of drug-likeness (QED) is 0.575. The Bertz CT molecular complexity index is 280. The molecule has 2 atom stereocenters. The highest BCUT2D eigenvalue weighted by Gasteiger charge is 2.29. The van der Waals surface area contributed by atoms with Crippen LogP contribution in [-0.2, 0) is 9.53 Å². The maximum Gasteiger partial charge on any atom is 0.330 e. The zero-order valence-corrected chi connectivity index (χ0v) is 10.00. The molecule has 16 heavy (non-hydrogen) atoms. The van der Waals surface area contributed by atoms with Gasteiger partial charge in [-0.1, -0.05) is 12.0 Å². The molecule has 0 aromatic rings. The summed E-state index contributed by atoms with van der Waals surface area (Å²) in [4.78, 5) is 11.3. The van der Waals surface area contributed by atoms with Crippen molar-refractivity contribution in [2.75, 3.05) is 13.7 Å². The first-order valence-electron chi connectivity index (χ1n) is 6.33. The van der Waals surface area contributed by atoms with E-state index in [1.165, 1.54) is 44.8 Å². The van der Waals surface area contributed by atoms with Crippen LogP contribution in [0.25, 0.3) is 0 Å². The fraction of sp³-hybridized carbons (Fsp3) is 0.769. The molecule has 0 bridgehead atoms. The topological polar surface area (TPSA) is 38.3 Å². The van der Waals surface area contributed by atoms with Gasteiger partial charge in [0, 0.05) is 12.1 Å². The molecule has 2 unspecified atom stereocenters. The van der Waals surface area contributed by atoms with Gasteiger partial charge in [0.05, 0.1) is 7.11 Å². The maximum atomic E-state index is 11.3. The van der Waals surface area contributed by atoms with Crippen molar-refractivity contribution in [1.82, 2.24) is 5.32 Å². The second kappa shape index (κ2) is 5.48. The number of hydrogen-bond acceptors (Lipinski definition) is 3. The molecular weight excluding hydrogens is 202 g/mol. The summed E-state index contributed by atoms with van der Waals surface area (Å²) in [6.45, 7) is 1.13. The van der Waals surface area contributed by atoms with Gasteiger partial charge >= 0.3 is 5.97 Å². The average Bonchev–Trinajstić information content (AvgIpc) is 2.83. The molecule has 0 aromatic carbocycles. The van der Waals surface area contributed by atoms with Crippen LogP contribution in [0, 0.1) is 5.92 Å².